The van der Waals surface area contributed by atoms with E-state index in [9.17, 15) is 10.0 Å². The highest BCUT2D eigenvalue weighted by molar-refractivity contribution is 5.44. The highest BCUT2D eigenvalue weighted by atomic mass is 16.7. The van der Waals surface area contributed by atoms with Gasteiger partial charge in [-0.1, -0.05) is 44.4 Å². The number of benzene rings is 1. The van der Waals surface area contributed by atoms with Crippen LogP contribution in [-0.4, -0.2) is 33.4 Å². The van der Waals surface area contributed by atoms with Crippen LogP contribution in [0.5, 0.6) is 5.75 Å². The lowest BCUT2D eigenvalue weighted by Gasteiger charge is -2.16. The van der Waals surface area contributed by atoms with Crippen molar-refractivity contribution in [3.8, 4) is 5.75 Å². The second-order valence-corrected chi connectivity index (χ2v) is 6.47. The third-order valence-corrected chi connectivity index (χ3v) is 4.50. The Labute approximate surface area is 152 Å². The molecule has 140 valence electrons. The summed E-state index contributed by atoms with van der Waals surface area (Å²) in [6.07, 6.45) is 4.79. The van der Waals surface area contributed by atoms with Gasteiger partial charge in [0, 0.05) is 12.0 Å². The first-order valence-corrected chi connectivity index (χ1v) is 8.95. The summed E-state index contributed by atoms with van der Waals surface area (Å²) in [6, 6.07) is 7.73. The maximum absolute atomic E-state index is 10.7. The van der Waals surface area contributed by atoms with Crippen molar-refractivity contribution in [2.24, 2.45) is 0 Å². The van der Waals surface area contributed by atoms with Gasteiger partial charge in [0.05, 0.1) is 18.5 Å². The Morgan fingerprint density at radius 2 is 2.19 bits per heavy atom. The van der Waals surface area contributed by atoms with E-state index in [1.807, 2.05) is 24.3 Å². The molecule has 2 N–H and O–H groups in total. The number of hydrogen-bond acceptors (Lipinski definition) is 7. The first-order chi connectivity index (χ1) is 12.7. The summed E-state index contributed by atoms with van der Waals surface area (Å²) in [4.78, 5) is 16.2. The van der Waals surface area contributed by atoms with Gasteiger partial charge in [0.1, 0.15) is 0 Å². The monoisotopic (exact) mass is 360 g/mol. The molecule has 1 aliphatic rings. The number of hydroxylamine groups is 3. The molecule has 0 bridgehead atoms. The summed E-state index contributed by atoms with van der Waals surface area (Å²) in [7, 11) is 0. The fraction of sp³-hybridized carbons (Fsp3) is 0.500. The topological polar surface area (TPSA) is 101 Å². The van der Waals surface area contributed by atoms with Crippen LogP contribution >= 0.6 is 0 Å². The second kappa shape index (κ2) is 8.77. The molecule has 3 rings (SSSR count). The third-order valence-electron chi connectivity index (χ3n) is 4.50. The van der Waals surface area contributed by atoms with Gasteiger partial charge in [-0.3, -0.25) is 10.0 Å². The van der Waals surface area contributed by atoms with Crippen molar-refractivity contribution in [3.63, 3.8) is 0 Å². The Morgan fingerprint density at radius 3 is 3.00 bits per heavy atom. The van der Waals surface area contributed by atoms with E-state index in [-0.39, 0.29) is 18.5 Å². The predicted molar refractivity (Wildman–Crippen MR) is 92.4 cm³/mol. The molecule has 2 heterocycles. The first-order valence-electron chi connectivity index (χ1n) is 8.95. The average Bonchev–Trinajstić information content (AvgIpc) is 3.29. The molecule has 8 heteroatoms. The second-order valence-electron chi connectivity index (χ2n) is 6.47. The molecule has 0 fully saturated rings. The standard InChI is InChI=1S/C18H24N4O4/c1-2-3-4-7-13(11-22(24)12-23)18-20-19-17(25-18)10-15-14-8-5-6-9-16(14)26-21-15/h5-6,8-9,12-13,15,21,24H,2-4,7,10-11H2,1H3. The van der Waals surface area contributed by atoms with Crippen molar-refractivity contribution in [3.05, 3.63) is 41.6 Å². The minimum atomic E-state index is -0.182. The third kappa shape index (κ3) is 4.39. The van der Waals surface area contributed by atoms with Crippen molar-refractivity contribution in [2.45, 2.75) is 51.0 Å². The average molecular weight is 360 g/mol. The van der Waals surface area contributed by atoms with Gasteiger partial charge in [-0.25, -0.2) is 5.06 Å². The molecule has 8 nitrogen and oxygen atoms in total. The highest BCUT2D eigenvalue weighted by Crippen LogP contribution is 2.32. The molecule has 2 unspecified atom stereocenters. The fourth-order valence-electron chi connectivity index (χ4n) is 3.10. The number of carbonyl (C=O) groups excluding carboxylic acids is 1. The van der Waals surface area contributed by atoms with Gasteiger partial charge in [-0.05, 0) is 12.5 Å². The largest absolute Gasteiger partial charge is 0.425 e. The van der Waals surface area contributed by atoms with E-state index in [1.165, 1.54) is 0 Å². The van der Waals surface area contributed by atoms with E-state index in [4.69, 9.17) is 9.25 Å². The van der Waals surface area contributed by atoms with E-state index in [0.29, 0.717) is 29.7 Å². The maximum Gasteiger partial charge on any atom is 0.233 e. The number of amides is 1. The van der Waals surface area contributed by atoms with Gasteiger partial charge in [0.25, 0.3) is 0 Å². The van der Waals surface area contributed by atoms with E-state index in [0.717, 1.165) is 37.0 Å². The number of carbonyl (C=O) groups is 1. The van der Waals surface area contributed by atoms with Crippen molar-refractivity contribution in [2.75, 3.05) is 6.54 Å². The molecule has 1 aliphatic heterocycles. The van der Waals surface area contributed by atoms with Crippen molar-refractivity contribution in [1.29, 1.82) is 0 Å². The van der Waals surface area contributed by atoms with Crippen molar-refractivity contribution in [1.82, 2.24) is 20.7 Å². The quantitative estimate of drug-likeness (QED) is 0.291. The van der Waals surface area contributed by atoms with Gasteiger partial charge < -0.3 is 9.25 Å². The molecular formula is C18H24N4O4. The molecule has 2 aromatic rings. The number of nitrogens with one attached hydrogen (secondary N) is 1. The minimum absolute atomic E-state index is 0.0534. The summed E-state index contributed by atoms with van der Waals surface area (Å²) >= 11 is 0. The predicted octanol–water partition coefficient (Wildman–Crippen LogP) is 2.76. The Bertz CT molecular complexity index is 721. The Morgan fingerprint density at radius 1 is 1.35 bits per heavy atom. The number of rotatable bonds is 10. The molecule has 0 saturated carbocycles. The maximum atomic E-state index is 10.7. The first kappa shape index (κ1) is 18.3. The van der Waals surface area contributed by atoms with Crippen LogP contribution in [0.2, 0.25) is 0 Å². The van der Waals surface area contributed by atoms with Gasteiger partial charge in [-0.15, -0.1) is 15.7 Å². The van der Waals surface area contributed by atoms with E-state index in [2.05, 4.69) is 22.6 Å². The fourth-order valence-corrected chi connectivity index (χ4v) is 3.10. The zero-order valence-electron chi connectivity index (χ0n) is 14.8. The van der Waals surface area contributed by atoms with Gasteiger partial charge in [-0.2, -0.15) is 0 Å². The van der Waals surface area contributed by atoms with Crippen LogP contribution in [0.3, 0.4) is 0 Å². The lowest BCUT2D eigenvalue weighted by molar-refractivity contribution is -0.151. The van der Waals surface area contributed by atoms with Gasteiger partial charge in [0.15, 0.2) is 5.75 Å². The van der Waals surface area contributed by atoms with Gasteiger partial charge in [0.2, 0.25) is 18.2 Å². The molecule has 0 saturated heterocycles. The minimum Gasteiger partial charge on any atom is -0.425 e. The zero-order valence-corrected chi connectivity index (χ0v) is 14.8. The molecular weight excluding hydrogens is 336 g/mol. The molecule has 0 spiro atoms. The van der Waals surface area contributed by atoms with Crippen molar-refractivity contribution < 1.29 is 19.3 Å². The normalized spacial score (nSPS) is 16.8. The van der Waals surface area contributed by atoms with E-state index < -0.39 is 0 Å². The summed E-state index contributed by atoms with van der Waals surface area (Å²) in [5, 5.41) is 18.4. The van der Waals surface area contributed by atoms with Gasteiger partial charge >= 0.3 is 0 Å². The SMILES string of the molecule is CCCCCC(CN(O)C=O)c1nnc(CC2NOc3ccccc32)o1. The highest BCUT2D eigenvalue weighted by Gasteiger charge is 2.27. The lowest BCUT2D eigenvalue weighted by atomic mass is 10.0. The van der Waals surface area contributed by atoms with Crippen LogP contribution < -0.4 is 10.3 Å². The smallest absolute Gasteiger partial charge is 0.233 e. The molecule has 0 radical (unpaired) electrons. The number of fused-ring (bicyclic) bond motifs is 1. The summed E-state index contributed by atoms with van der Waals surface area (Å²) in [5.41, 5.74) is 4.02. The van der Waals surface area contributed by atoms with Crippen LogP contribution in [0.25, 0.3) is 0 Å². The Balaban J connectivity index is 1.67. The van der Waals surface area contributed by atoms with Crippen LogP contribution in [0.1, 0.15) is 61.9 Å². The number of para-hydroxylation sites is 1. The Kier molecular flexibility index (Phi) is 6.19. The summed E-state index contributed by atoms with van der Waals surface area (Å²) < 4.78 is 5.83. The number of hydrogen-bond donors (Lipinski definition) is 2. The van der Waals surface area contributed by atoms with E-state index in [1.54, 1.807) is 0 Å². The molecule has 2 atom stereocenters. The zero-order chi connectivity index (χ0) is 18.4. The van der Waals surface area contributed by atoms with Crippen LogP contribution in [0.15, 0.2) is 28.7 Å². The number of unbranched alkanes of at least 4 members (excludes halogenated alkanes) is 2. The van der Waals surface area contributed by atoms with Crippen LogP contribution in [0.4, 0.5) is 0 Å². The molecule has 1 aromatic carbocycles. The van der Waals surface area contributed by atoms with Crippen LogP contribution in [0, 0.1) is 0 Å². The lowest BCUT2D eigenvalue weighted by Crippen LogP contribution is -2.24. The number of nitrogens with zero attached hydrogens (tertiary/aromatic N) is 3. The molecule has 1 amide bonds. The summed E-state index contributed by atoms with van der Waals surface area (Å²) in [5.74, 6) is 1.56. The summed E-state index contributed by atoms with van der Waals surface area (Å²) in [6.45, 7) is 2.26. The molecule has 1 aromatic heterocycles. The Hall–Kier alpha value is -2.45. The molecule has 0 aliphatic carbocycles. The molecule has 26 heavy (non-hydrogen) atoms. The number of aromatic nitrogens is 2. The van der Waals surface area contributed by atoms with Crippen molar-refractivity contribution >= 4 is 6.41 Å². The van der Waals surface area contributed by atoms with Crippen LogP contribution in [-0.2, 0) is 11.2 Å². The van der Waals surface area contributed by atoms with E-state index >= 15 is 0 Å².